The summed E-state index contributed by atoms with van der Waals surface area (Å²) in [6.45, 7) is 2.89. The zero-order valence-electron chi connectivity index (χ0n) is 12.2. The summed E-state index contributed by atoms with van der Waals surface area (Å²) in [5.74, 6) is 1.78. The van der Waals surface area contributed by atoms with E-state index < -0.39 is 9.84 Å². The maximum atomic E-state index is 11.6. The first-order valence-corrected chi connectivity index (χ1v) is 9.32. The number of furan rings is 1. The maximum absolute atomic E-state index is 11.6. The van der Waals surface area contributed by atoms with Crippen LogP contribution in [0, 0.1) is 5.92 Å². The van der Waals surface area contributed by atoms with Gasteiger partial charge in [-0.3, -0.25) is 0 Å². The van der Waals surface area contributed by atoms with Crippen LogP contribution in [-0.2, 0) is 9.84 Å². The predicted octanol–water partition coefficient (Wildman–Crippen LogP) is 2.91. The quantitative estimate of drug-likeness (QED) is 0.922. The third-order valence-electron chi connectivity index (χ3n) is 4.13. The minimum absolute atomic E-state index is 0.0840. The number of hydrogen-bond acceptors (Lipinski definition) is 4. The van der Waals surface area contributed by atoms with E-state index in [0.29, 0.717) is 11.5 Å². The number of nitrogens with one attached hydrogen (secondary N) is 1. The van der Waals surface area contributed by atoms with Crippen LogP contribution in [0.1, 0.15) is 31.6 Å². The molecule has 1 aliphatic rings. The molecule has 2 unspecified atom stereocenters. The van der Waals surface area contributed by atoms with Gasteiger partial charge >= 0.3 is 0 Å². The second-order valence-corrected chi connectivity index (χ2v) is 8.03. The molecule has 3 rings (SSSR count). The van der Waals surface area contributed by atoms with E-state index in [-0.39, 0.29) is 12.0 Å². The van der Waals surface area contributed by atoms with Crippen molar-refractivity contribution in [1.82, 2.24) is 5.32 Å². The fourth-order valence-electron chi connectivity index (χ4n) is 3.11. The molecule has 1 N–H and O–H groups in total. The molecule has 1 saturated heterocycles. The molecular formula is C16H21NO3S. The second kappa shape index (κ2) is 5.81. The second-order valence-electron chi connectivity index (χ2n) is 5.80. The minimum Gasteiger partial charge on any atom is -0.459 e. The number of fused-ring (bicyclic) bond motifs is 1. The number of sulfone groups is 1. The predicted molar refractivity (Wildman–Crippen MR) is 84.0 cm³/mol. The van der Waals surface area contributed by atoms with Gasteiger partial charge in [0, 0.05) is 5.39 Å². The van der Waals surface area contributed by atoms with E-state index in [9.17, 15) is 8.42 Å². The number of benzene rings is 1. The van der Waals surface area contributed by atoms with Crippen molar-refractivity contribution in [2.45, 2.75) is 25.8 Å². The Hall–Kier alpha value is -1.33. The Bertz CT molecular complexity index is 687. The van der Waals surface area contributed by atoms with Gasteiger partial charge in [-0.05, 0) is 37.4 Å². The molecule has 2 aromatic rings. The van der Waals surface area contributed by atoms with E-state index in [2.05, 4.69) is 18.3 Å². The smallest absolute Gasteiger partial charge is 0.150 e. The summed E-state index contributed by atoms with van der Waals surface area (Å²) in [5, 5.41) is 4.52. The minimum atomic E-state index is -2.82. The third-order valence-corrected chi connectivity index (χ3v) is 5.97. The van der Waals surface area contributed by atoms with E-state index >= 15 is 0 Å². The van der Waals surface area contributed by atoms with Crippen LogP contribution in [0.15, 0.2) is 34.7 Å². The molecule has 0 bridgehead atoms. The Morgan fingerprint density at radius 3 is 2.86 bits per heavy atom. The number of hydrogen-bond donors (Lipinski definition) is 1. The van der Waals surface area contributed by atoms with Crippen LogP contribution in [0.4, 0.5) is 0 Å². The van der Waals surface area contributed by atoms with Gasteiger partial charge in [0.25, 0.3) is 0 Å². The molecule has 5 heteroatoms. The fourth-order valence-corrected chi connectivity index (χ4v) is 4.99. The molecule has 21 heavy (non-hydrogen) atoms. The molecule has 4 nitrogen and oxygen atoms in total. The van der Waals surface area contributed by atoms with E-state index in [4.69, 9.17) is 4.42 Å². The summed E-state index contributed by atoms with van der Waals surface area (Å²) < 4.78 is 29.2. The van der Waals surface area contributed by atoms with Crippen LogP contribution in [0.25, 0.3) is 11.0 Å². The van der Waals surface area contributed by atoms with E-state index in [1.165, 1.54) is 0 Å². The summed E-state index contributed by atoms with van der Waals surface area (Å²) in [4.78, 5) is 0. The van der Waals surface area contributed by atoms with E-state index in [0.717, 1.165) is 36.1 Å². The molecule has 0 saturated carbocycles. The Kier molecular flexibility index (Phi) is 4.04. The molecule has 0 radical (unpaired) electrons. The summed E-state index contributed by atoms with van der Waals surface area (Å²) in [6.07, 6.45) is 1.58. The first kappa shape index (κ1) is 14.6. The summed E-state index contributed by atoms with van der Waals surface area (Å²) in [7, 11) is -2.82. The van der Waals surface area contributed by atoms with Gasteiger partial charge in [0.05, 0.1) is 17.5 Å². The zero-order valence-corrected chi connectivity index (χ0v) is 13.0. The van der Waals surface area contributed by atoms with Crippen molar-refractivity contribution >= 4 is 20.8 Å². The van der Waals surface area contributed by atoms with Crippen LogP contribution >= 0.6 is 0 Å². The van der Waals surface area contributed by atoms with Gasteiger partial charge in [0.2, 0.25) is 0 Å². The van der Waals surface area contributed by atoms with Crippen LogP contribution in [0.3, 0.4) is 0 Å². The molecule has 0 amide bonds. The fraction of sp³-hybridized carbons (Fsp3) is 0.500. The molecule has 1 aromatic carbocycles. The van der Waals surface area contributed by atoms with E-state index in [1.54, 1.807) is 0 Å². The highest BCUT2D eigenvalue weighted by atomic mass is 32.2. The Labute approximate surface area is 125 Å². The molecule has 114 valence electrons. The molecular weight excluding hydrogens is 286 g/mol. The van der Waals surface area contributed by atoms with Gasteiger partial charge in [-0.15, -0.1) is 0 Å². The van der Waals surface area contributed by atoms with E-state index in [1.807, 2.05) is 24.3 Å². The highest BCUT2D eigenvalue weighted by molar-refractivity contribution is 7.91. The maximum Gasteiger partial charge on any atom is 0.150 e. The Balaban J connectivity index is 1.80. The van der Waals surface area contributed by atoms with Gasteiger partial charge in [0.15, 0.2) is 9.84 Å². The average molecular weight is 307 g/mol. The van der Waals surface area contributed by atoms with Crippen LogP contribution in [-0.4, -0.2) is 26.5 Å². The largest absolute Gasteiger partial charge is 0.459 e. The average Bonchev–Trinajstić information content (AvgIpc) is 3.01. The molecule has 1 aromatic heterocycles. The number of para-hydroxylation sites is 1. The monoisotopic (exact) mass is 307 g/mol. The Morgan fingerprint density at radius 2 is 2.19 bits per heavy atom. The first-order valence-electron chi connectivity index (χ1n) is 7.49. The van der Waals surface area contributed by atoms with Crippen molar-refractivity contribution in [3.8, 4) is 0 Å². The van der Waals surface area contributed by atoms with Gasteiger partial charge in [-0.25, -0.2) is 8.42 Å². The molecule has 0 spiro atoms. The van der Waals surface area contributed by atoms with Crippen LogP contribution < -0.4 is 5.32 Å². The molecule has 2 atom stereocenters. The SMILES string of the molecule is CCNC(CC1CCS(=O)(=O)C1)c1cc2ccccc2o1. The van der Waals surface area contributed by atoms with Crippen molar-refractivity contribution in [2.75, 3.05) is 18.1 Å². The zero-order chi connectivity index (χ0) is 14.9. The Morgan fingerprint density at radius 1 is 1.38 bits per heavy atom. The summed E-state index contributed by atoms with van der Waals surface area (Å²) in [6, 6.07) is 10.1. The van der Waals surface area contributed by atoms with Crippen molar-refractivity contribution in [1.29, 1.82) is 0 Å². The lowest BCUT2D eigenvalue weighted by Gasteiger charge is -2.18. The van der Waals surface area contributed by atoms with Gasteiger partial charge in [-0.2, -0.15) is 0 Å². The lowest BCUT2D eigenvalue weighted by molar-refractivity contribution is 0.367. The molecule has 2 heterocycles. The normalized spacial score (nSPS) is 22.6. The first-order chi connectivity index (χ1) is 10.1. The molecule has 1 aliphatic heterocycles. The molecule has 1 fully saturated rings. The lowest BCUT2D eigenvalue weighted by Crippen LogP contribution is -2.23. The topological polar surface area (TPSA) is 59.3 Å². The standard InChI is InChI=1S/C16H21NO3S/c1-2-17-14(9-12-7-8-21(18,19)11-12)16-10-13-5-3-4-6-15(13)20-16/h3-6,10,12,14,17H,2,7-9,11H2,1H3. The van der Waals surface area contributed by atoms with Crippen molar-refractivity contribution in [3.05, 3.63) is 36.1 Å². The third kappa shape index (κ3) is 3.30. The highest BCUT2D eigenvalue weighted by Crippen LogP contribution is 2.31. The van der Waals surface area contributed by atoms with Crippen molar-refractivity contribution < 1.29 is 12.8 Å². The highest BCUT2D eigenvalue weighted by Gasteiger charge is 2.30. The van der Waals surface area contributed by atoms with Crippen LogP contribution in [0.2, 0.25) is 0 Å². The van der Waals surface area contributed by atoms with Gasteiger partial charge in [0.1, 0.15) is 11.3 Å². The number of rotatable bonds is 5. The lowest BCUT2D eigenvalue weighted by atomic mass is 9.97. The van der Waals surface area contributed by atoms with Gasteiger partial charge < -0.3 is 9.73 Å². The molecule has 0 aliphatic carbocycles. The van der Waals surface area contributed by atoms with Gasteiger partial charge in [-0.1, -0.05) is 25.1 Å². The van der Waals surface area contributed by atoms with Crippen molar-refractivity contribution in [2.24, 2.45) is 5.92 Å². The summed E-state index contributed by atoms with van der Waals surface area (Å²) in [5.41, 5.74) is 0.884. The van der Waals surface area contributed by atoms with Crippen LogP contribution in [0.5, 0.6) is 0 Å². The van der Waals surface area contributed by atoms with Crippen molar-refractivity contribution in [3.63, 3.8) is 0 Å². The summed E-state index contributed by atoms with van der Waals surface area (Å²) >= 11 is 0.